The predicted octanol–water partition coefficient (Wildman–Crippen LogP) is 4.02. The first-order valence-corrected chi connectivity index (χ1v) is 7.00. The molecule has 0 heterocycles. The summed E-state index contributed by atoms with van der Waals surface area (Å²) in [5.41, 5.74) is 6.32. The third kappa shape index (κ3) is 4.42. The molecule has 2 aromatic carbocycles. The summed E-state index contributed by atoms with van der Waals surface area (Å²) in [7, 11) is 0. The molecule has 2 rings (SSSR count). The van der Waals surface area contributed by atoms with Gasteiger partial charge in [0.15, 0.2) is 0 Å². The maximum atomic E-state index is 13.3. The van der Waals surface area contributed by atoms with Crippen molar-refractivity contribution in [3.8, 4) is 11.5 Å². The summed E-state index contributed by atoms with van der Waals surface area (Å²) in [6.07, 6.45) is 0.701. The SMILES string of the molecule is Nc1cccc(OCCCOc2ccc(Br)c(F)c2)c1. The highest BCUT2D eigenvalue weighted by molar-refractivity contribution is 9.10. The van der Waals surface area contributed by atoms with Gasteiger partial charge in [-0.1, -0.05) is 6.07 Å². The first kappa shape index (κ1) is 14.7. The van der Waals surface area contributed by atoms with Gasteiger partial charge in [0.25, 0.3) is 0 Å². The molecule has 106 valence electrons. The van der Waals surface area contributed by atoms with Crippen LogP contribution < -0.4 is 15.2 Å². The maximum Gasteiger partial charge on any atom is 0.141 e. The van der Waals surface area contributed by atoms with Crippen molar-refractivity contribution in [2.24, 2.45) is 0 Å². The van der Waals surface area contributed by atoms with Gasteiger partial charge < -0.3 is 15.2 Å². The zero-order valence-electron chi connectivity index (χ0n) is 10.8. The Labute approximate surface area is 125 Å². The Kier molecular flexibility index (Phi) is 5.24. The number of rotatable bonds is 6. The lowest BCUT2D eigenvalue weighted by Crippen LogP contribution is -2.05. The highest BCUT2D eigenvalue weighted by atomic mass is 79.9. The molecule has 3 nitrogen and oxygen atoms in total. The van der Waals surface area contributed by atoms with E-state index >= 15 is 0 Å². The zero-order chi connectivity index (χ0) is 14.4. The van der Waals surface area contributed by atoms with Gasteiger partial charge in [-0.2, -0.15) is 0 Å². The van der Waals surface area contributed by atoms with E-state index in [2.05, 4.69) is 15.9 Å². The van der Waals surface area contributed by atoms with Crippen molar-refractivity contribution in [1.82, 2.24) is 0 Å². The number of hydrogen-bond acceptors (Lipinski definition) is 3. The third-order valence-corrected chi connectivity index (χ3v) is 3.22. The van der Waals surface area contributed by atoms with Crippen molar-refractivity contribution >= 4 is 21.6 Å². The van der Waals surface area contributed by atoms with Crippen molar-refractivity contribution < 1.29 is 13.9 Å². The molecule has 0 saturated heterocycles. The Bertz CT molecular complexity index is 578. The Morgan fingerprint density at radius 2 is 1.70 bits per heavy atom. The molecule has 0 aliphatic carbocycles. The second-order valence-electron chi connectivity index (χ2n) is 4.20. The Hall–Kier alpha value is -1.75. The van der Waals surface area contributed by atoms with Gasteiger partial charge in [-0.25, -0.2) is 4.39 Å². The summed E-state index contributed by atoms with van der Waals surface area (Å²) in [6.45, 7) is 0.978. The molecule has 0 saturated carbocycles. The fraction of sp³-hybridized carbons (Fsp3) is 0.200. The molecule has 0 radical (unpaired) electrons. The molecule has 0 aliphatic heterocycles. The van der Waals surface area contributed by atoms with Crippen LogP contribution in [0.2, 0.25) is 0 Å². The maximum absolute atomic E-state index is 13.3. The van der Waals surface area contributed by atoms with Gasteiger partial charge in [-0.15, -0.1) is 0 Å². The van der Waals surface area contributed by atoms with Gasteiger partial charge in [-0.05, 0) is 40.2 Å². The van der Waals surface area contributed by atoms with E-state index in [4.69, 9.17) is 15.2 Å². The lowest BCUT2D eigenvalue weighted by atomic mass is 10.3. The molecule has 0 unspecified atom stereocenters. The number of ether oxygens (including phenoxy) is 2. The number of nitrogen functional groups attached to an aromatic ring is 1. The summed E-state index contributed by atoms with van der Waals surface area (Å²) in [6, 6.07) is 11.9. The van der Waals surface area contributed by atoms with Crippen LogP contribution in [0.25, 0.3) is 0 Å². The molecule has 2 aromatic rings. The average molecular weight is 340 g/mol. The topological polar surface area (TPSA) is 44.5 Å². The number of benzene rings is 2. The summed E-state index contributed by atoms with van der Waals surface area (Å²) in [5.74, 6) is 0.910. The van der Waals surface area contributed by atoms with Crippen LogP contribution in [0.5, 0.6) is 11.5 Å². The largest absolute Gasteiger partial charge is 0.493 e. The monoisotopic (exact) mass is 339 g/mol. The van der Waals surface area contributed by atoms with E-state index in [9.17, 15) is 4.39 Å². The van der Waals surface area contributed by atoms with E-state index in [1.165, 1.54) is 6.07 Å². The normalized spacial score (nSPS) is 10.3. The van der Waals surface area contributed by atoms with Crippen LogP contribution in [0.4, 0.5) is 10.1 Å². The van der Waals surface area contributed by atoms with E-state index in [0.29, 0.717) is 35.5 Å². The fourth-order valence-electron chi connectivity index (χ4n) is 1.61. The van der Waals surface area contributed by atoms with Gasteiger partial charge in [-0.3, -0.25) is 0 Å². The number of nitrogens with two attached hydrogens (primary N) is 1. The molecule has 20 heavy (non-hydrogen) atoms. The first-order chi connectivity index (χ1) is 9.65. The molecule has 0 atom stereocenters. The van der Waals surface area contributed by atoms with Gasteiger partial charge in [0.1, 0.15) is 17.3 Å². The van der Waals surface area contributed by atoms with Crippen LogP contribution >= 0.6 is 15.9 Å². The van der Waals surface area contributed by atoms with Crippen molar-refractivity contribution in [3.63, 3.8) is 0 Å². The summed E-state index contributed by atoms with van der Waals surface area (Å²) < 4.78 is 24.6. The molecule has 0 spiro atoms. The lowest BCUT2D eigenvalue weighted by Gasteiger charge is -2.08. The molecular weight excluding hydrogens is 325 g/mol. The Morgan fingerprint density at radius 1 is 1.00 bits per heavy atom. The summed E-state index contributed by atoms with van der Waals surface area (Å²) in [5, 5.41) is 0. The second kappa shape index (κ2) is 7.14. The van der Waals surface area contributed by atoms with E-state index in [1.807, 2.05) is 12.1 Å². The zero-order valence-corrected chi connectivity index (χ0v) is 12.4. The number of halogens is 2. The van der Waals surface area contributed by atoms with E-state index < -0.39 is 0 Å². The minimum absolute atomic E-state index is 0.335. The molecule has 0 amide bonds. The quantitative estimate of drug-likeness (QED) is 0.638. The smallest absolute Gasteiger partial charge is 0.141 e. The standard InChI is InChI=1S/C15H15BrFNO2/c16-14-6-5-13(10-15(14)17)20-8-2-7-19-12-4-1-3-11(18)9-12/h1,3-6,9-10H,2,7-8,18H2. The Morgan fingerprint density at radius 3 is 2.35 bits per heavy atom. The van der Waals surface area contributed by atoms with Crippen molar-refractivity contribution in [2.45, 2.75) is 6.42 Å². The molecule has 0 aromatic heterocycles. The highest BCUT2D eigenvalue weighted by Crippen LogP contribution is 2.21. The molecule has 5 heteroatoms. The van der Waals surface area contributed by atoms with Crippen LogP contribution in [0.1, 0.15) is 6.42 Å². The van der Waals surface area contributed by atoms with Crippen LogP contribution in [0.15, 0.2) is 46.9 Å². The van der Waals surface area contributed by atoms with Crippen LogP contribution in [0.3, 0.4) is 0 Å². The third-order valence-electron chi connectivity index (χ3n) is 2.58. The minimum Gasteiger partial charge on any atom is -0.493 e. The predicted molar refractivity (Wildman–Crippen MR) is 80.6 cm³/mol. The van der Waals surface area contributed by atoms with E-state index in [-0.39, 0.29) is 5.82 Å². The van der Waals surface area contributed by atoms with Crippen LogP contribution in [-0.2, 0) is 0 Å². The molecular formula is C15H15BrFNO2. The molecule has 0 aliphatic rings. The minimum atomic E-state index is -0.335. The molecule has 2 N–H and O–H groups in total. The lowest BCUT2D eigenvalue weighted by molar-refractivity contribution is 0.247. The number of hydrogen-bond donors (Lipinski definition) is 1. The Balaban J connectivity index is 1.70. The second-order valence-corrected chi connectivity index (χ2v) is 5.05. The highest BCUT2D eigenvalue weighted by Gasteiger charge is 2.01. The average Bonchev–Trinajstić information content (AvgIpc) is 2.42. The number of anilines is 1. The van der Waals surface area contributed by atoms with E-state index in [1.54, 1.807) is 24.3 Å². The van der Waals surface area contributed by atoms with Crippen molar-refractivity contribution in [3.05, 3.63) is 52.8 Å². The molecule has 0 bridgehead atoms. The first-order valence-electron chi connectivity index (χ1n) is 6.21. The fourth-order valence-corrected chi connectivity index (χ4v) is 1.86. The van der Waals surface area contributed by atoms with Crippen LogP contribution in [0, 0.1) is 5.82 Å². The van der Waals surface area contributed by atoms with Gasteiger partial charge in [0, 0.05) is 24.2 Å². The van der Waals surface area contributed by atoms with Crippen molar-refractivity contribution in [2.75, 3.05) is 18.9 Å². The summed E-state index contributed by atoms with van der Waals surface area (Å²) in [4.78, 5) is 0. The van der Waals surface area contributed by atoms with Gasteiger partial charge >= 0.3 is 0 Å². The van der Waals surface area contributed by atoms with Crippen molar-refractivity contribution in [1.29, 1.82) is 0 Å². The van der Waals surface area contributed by atoms with Gasteiger partial charge in [0.2, 0.25) is 0 Å². The molecule has 0 fully saturated rings. The van der Waals surface area contributed by atoms with Crippen LogP contribution in [-0.4, -0.2) is 13.2 Å². The van der Waals surface area contributed by atoms with Gasteiger partial charge in [0.05, 0.1) is 17.7 Å². The summed E-state index contributed by atoms with van der Waals surface area (Å²) >= 11 is 3.09. The van der Waals surface area contributed by atoms with E-state index in [0.717, 1.165) is 5.75 Å².